The van der Waals surface area contributed by atoms with E-state index in [4.69, 9.17) is 33.7 Å². The molecular formula is C17H18Cl2N6O3S. The van der Waals surface area contributed by atoms with Crippen LogP contribution in [0.4, 0.5) is 5.82 Å². The third kappa shape index (κ3) is 3.85. The van der Waals surface area contributed by atoms with Crippen molar-refractivity contribution >= 4 is 45.0 Å². The number of epoxide rings is 1. The molecule has 9 nitrogen and oxygen atoms in total. The average Bonchev–Trinajstić information content (AvgIpc) is 3.40. The third-order valence-electron chi connectivity index (χ3n) is 4.74. The van der Waals surface area contributed by atoms with E-state index in [1.807, 2.05) is 0 Å². The quantitative estimate of drug-likeness (QED) is 0.674. The molecule has 0 aliphatic carbocycles. The summed E-state index contributed by atoms with van der Waals surface area (Å²) in [5.41, 5.74) is 5.65. The molecule has 3 unspecified atom stereocenters. The van der Waals surface area contributed by atoms with Gasteiger partial charge in [0.1, 0.15) is 23.2 Å². The molecule has 0 bridgehead atoms. The minimum atomic E-state index is -3.64. The first-order chi connectivity index (χ1) is 13.6. The summed E-state index contributed by atoms with van der Waals surface area (Å²) in [6.45, 7) is 1.64. The van der Waals surface area contributed by atoms with E-state index in [9.17, 15) is 8.42 Å². The summed E-state index contributed by atoms with van der Waals surface area (Å²) >= 11 is 12.2. The average molecular weight is 457 g/mol. The number of guanidine groups is 1. The number of ether oxygens (including phenoxy) is 1. The zero-order valence-corrected chi connectivity index (χ0v) is 17.8. The molecule has 4 heterocycles. The van der Waals surface area contributed by atoms with E-state index < -0.39 is 15.6 Å². The minimum Gasteiger partial charge on any atom is -0.369 e. The highest BCUT2D eigenvalue weighted by Crippen LogP contribution is 2.39. The number of nitrogens with one attached hydrogen (secondary N) is 1. The number of nitrogens with two attached hydrogens (primary N) is 1. The van der Waals surface area contributed by atoms with Gasteiger partial charge < -0.3 is 15.8 Å². The molecule has 0 amide bonds. The molecule has 154 valence electrons. The molecular weight excluding hydrogens is 439 g/mol. The molecule has 0 aromatic carbocycles. The Balaban J connectivity index is 1.58. The SMILES string of the molecule is CN1C(N)=NC(C)(c2nc(NC3OC3c3ccc(Cl)cn3)ccc2Cl)CS1(=O)=O. The third-order valence-corrected chi connectivity index (χ3v) is 7.22. The van der Waals surface area contributed by atoms with Crippen molar-refractivity contribution < 1.29 is 13.2 Å². The Bertz CT molecular complexity index is 1090. The molecule has 0 spiro atoms. The van der Waals surface area contributed by atoms with Crippen LogP contribution in [0.2, 0.25) is 10.0 Å². The largest absolute Gasteiger partial charge is 0.369 e. The van der Waals surface area contributed by atoms with Gasteiger partial charge >= 0.3 is 0 Å². The van der Waals surface area contributed by atoms with Crippen molar-refractivity contribution in [2.24, 2.45) is 10.7 Å². The standard InChI is InChI=1S/C17H18Cl2N6O3S/c1-17(8-29(26,27)25(2)16(20)24-17)14-10(19)4-6-12(22-14)23-15-13(28-15)11-5-3-9(18)7-21-11/h3-7,13,15H,8H2,1-2H3,(H2,20,24)(H,22,23). The van der Waals surface area contributed by atoms with E-state index in [1.165, 1.54) is 7.05 Å². The van der Waals surface area contributed by atoms with E-state index in [0.717, 1.165) is 10.00 Å². The van der Waals surface area contributed by atoms with Gasteiger partial charge in [-0.1, -0.05) is 23.2 Å². The summed E-state index contributed by atoms with van der Waals surface area (Å²) in [5.74, 6) is 0.0523. The maximum absolute atomic E-state index is 12.4. The van der Waals surface area contributed by atoms with E-state index in [2.05, 4.69) is 20.3 Å². The van der Waals surface area contributed by atoms with Gasteiger partial charge in [-0.2, -0.15) is 0 Å². The van der Waals surface area contributed by atoms with Crippen LogP contribution in [0.3, 0.4) is 0 Å². The van der Waals surface area contributed by atoms with Crippen molar-refractivity contribution in [1.29, 1.82) is 0 Å². The van der Waals surface area contributed by atoms with Crippen LogP contribution in [0.5, 0.6) is 0 Å². The van der Waals surface area contributed by atoms with Crippen molar-refractivity contribution in [3.63, 3.8) is 0 Å². The van der Waals surface area contributed by atoms with Crippen molar-refractivity contribution in [2.75, 3.05) is 18.1 Å². The van der Waals surface area contributed by atoms with Crippen LogP contribution in [0.1, 0.15) is 24.4 Å². The van der Waals surface area contributed by atoms with E-state index in [-0.39, 0.29) is 24.0 Å². The van der Waals surface area contributed by atoms with Crippen LogP contribution in [0.25, 0.3) is 0 Å². The lowest BCUT2D eigenvalue weighted by Crippen LogP contribution is -2.50. The summed E-state index contributed by atoms with van der Waals surface area (Å²) in [5, 5.41) is 3.98. The number of aliphatic imine (C=N–C) groups is 1. The maximum Gasteiger partial charge on any atom is 0.239 e. The smallest absolute Gasteiger partial charge is 0.239 e. The van der Waals surface area contributed by atoms with Crippen molar-refractivity contribution in [3.8, 4) is 0 Å². The maximum atomic E-state index is 12.4. The van der Waals surface area contributed by atoms with Gasteiger partial charge in [0.2, 0.25) is 16.0 Å². The zero-order valence-electron chi connectivity index (χ0n) is 15.5. The summed E-state index contributed by atoms with van der Waals surface area (Å²) < 4.78 is 31.4. The minimum absolute atomic E-state index is 0.116. The highest BCUT2D eigenvalue weighted by atomic mass is 35.5. The second-order valence-electron chi connectivity index (χ2n) is 7.02. The van der Waals surface area contributed by atoms with Crippen LogP contribution < -0.4 is 11.1 Å². The first kappa shape index (κ1) is 20.1. The number of rotatable bonds is 4. The number of hydrogen-bond donors (Lipinski definition) is 2. The lowest BCUT2D eigenvalue weighted by molar-refractivity contribution is 0.383. The molecule has 0 saturated carbocycles. The van der Waals surface area contributed by atoms with Crippen LogP contribution in [-0.4, -0.2) is 47.7 Å². The van der Waals surface area contributed by atoms with Gasteiger partial charge in [-0.25, -0.2) is 22.7 Å². The predicted octanol–water partition coefficient (Wildman–Crippen LogP) is 2.10. The molecule has 2 aromatic rings. The Kier molecular flexibility index (Phi) is 4.85. The summed E-state index contributed by atoms with van der Waals surface area (Å²) in [4.78, 5) is 13.1. The number of nitrogens with zero attached hydrogens (tertiary/aromatic N) is 4. The summed E-state index contributed by atoms with van der Waals surface area (Å²) in [7, 11) is -2.28. The molecule has 12 heteroatoms. The molecule has 3 N–H and O–H groups in total. The number of sulfonamides is 1. The highest BCUT2D eigenvalue weighted by Gasteiger charge is 2.44. The van der Waals surface area contributed by atoms with E-state index in [0.29, 0.717) is 21.6 Å². The van der Waals surface area contributed by atoms with Crippen LogP contribution in [-0.2, 0) is 20.3 Å². The molecule has 29 heavy (non-hydrogen) atoms. The van der Waals surface area contributed by atoms with Crippen LogP contribution >= 0.6 is 23.2 Å². The van der Waals surface area contributed by atoms with E-state index >= 15 is 0 Å². The van der Waals surface area contributed by atoms with Crippen LogP contribution in [0, 0.1) is 0 Å². The zero-order chi connectivity index (χ0) is 21.0. The fourth-order valence-electron chi connectivity index (χ4n) is 3.12. The van der Waals surface area contributed by atoms with Crippen molar-refractivity contribution in [1.82, 2.24) is 14.3 Å². The van der Waals surface area contributed by atoms with Crippen molar-refractivity contribution in [2.45, 2.75) is 24.8 Å². The molecule has 1 saturated heterocycles. The van der Waals surface area contributed by atoms with E-state index in [1.54, 1.807) is 37.4 Å². The van der Waals surface area contributed by atoms with Crippen molar-refractivity contribution in [3.05, 3.63) is 51.9 Å². The molecule has 4 rings (SSSR count). The first-order valence-corrected chi connectivity index (χ1v) is 11.0. The monoisotopic (exact) mass is 456 g/mol. The Morgan fingerprint density at radius 2 is 2.07 bits per heavy atom. The fourth-order valence-corrected chi connectivity index (χ4v) is 4.97. The molecule has 2 aliphatic rings. The normalized spacial score (nSPS) is 28.0. The van der Waals surface area contributed by atoms with Gasteiger partial charge in [0.25, 0.3) is 0 Å². The number of pyridine rings is 2. The van der Waals surface area contributed by atoms with Gasteiger partial charge in [-0.15, -0.1) is 0 Å². The number of anilines is 1. The Morgan fingerprint density at radius 1 is 1.31 bits per heavy atom. The number of halogens is 2. The van der Waals surface area contributed by atoms with Gasteiger partial charge in [-0.05, 0) is 31.2 Å². The first-order valence-electron chi connectivity index (χ1n) is 8.61. The molecule has 1 fully saturated rings. The lowest BCUT2D eigenvalue weighted by Gasteiger charge is -2.34. The molecule has 2 aromatic heterocycles. The summed E-state index contributed by atoms with van der Waals surface area (Å²) in [6, 6.07) is 6.84. The Hall–Kier alpha value is -2.14. The lowest BCUT2D eigenvalue weighted by atomic mass is 10.0. The second kappa shape index (κ2) is 6.98. The highest BCUT2D eigenvalue weighted by molar-refractivity contribution is 7.89. The number of hydrogen-bond acceptors (Lipinski definition) is 8. The molecule has 2 aliphatic heterocycles. The molecule has 3 atom stereocenters. The Morgan fingerprint density at radius 3 is 2.72 bits per heavy atom. The molecule has 0 radical (unpaired) electrons. The van der Waals surface area contributed by atoms with Gasteiger partial charge in [-0.3, -0.25) is 4.98 Å². The summed E-state index contributed by atoms with van der Waals surface area (Å²) in [6.07, 6.45) is 0.992. The predicted molar refractivity (Wildman–Crippen MR) is 110 cm³/mol. The Labute approximate surface area is 177 Å². The number of aromatic nitrogens is 2. The second-order valence-corrected chi connectivity index (χ2v) is 9.86. The fraction of sp³-hybridized carbons (Fsp3) is 0.353. The topological polar surface area (TPSA) is 126 Å². The van der Waals surface area contributed by atoms with Gasteiger partial charge in [0.05, 0.1) is 21.4 Å². The van der Waals surface area contributed by atoms with Gasteiger partial charge in [0, 0.05) is 13.2 Å². The van der Waals surface area contributed by atoms with Gasteiger partial charge in [0.15, 0.2) is 6.23 Å². The van der Waals surface area contributed by atoms with Crippen LogP contribution in [0.15, 0.2) is 35.5 Å².